The molecule has 0 atom stereocenters. The molecule has 2 N–H and O–H groups in total. The molecule has 0 bridgehead atoms. The quantitative estimate of drug-likeness (QED) is 0.564. The number of benzene rings is 1. The molecular formula is C15H15N2O2+. The normalized spacial score (nSPS) is 10.8. The van der Waals surface area contributed by atoms with E-state index in [1.54, 1.807) is 14.2 Å². The molecule has 4 nitrogen and oxygen atoms in total. The zero-order chi connectivity index (χ0) is 13.4. The summed E-state index contributed by atoms with van der Waals surface area (Å²) < 4.78 is 12.8. The first-order chi connectivity index (χ1) is 9.26. The van der Waals surface area contributed by atoms with Crippen LogP contribution in [0.4, 0.5) is 5.69 Å². The number of nitrogen functional groups attached to an aromatic ring is 1. The van der Waals surface area contributed by atoms with E-state index in [4.69, 9.17) is 15.2 Å². The van der Waals surface area contributed by atoms with Gasteiger partial charge in [0.25, 0.3) is 0 Å². The summed E-state index contributed by atoms with van der Waals surface area (Å²) in [6.45, 7) is 0. The van der Waals surface area contributed by atoms with Gasteiger partial charge in [0.1, 0.15) is 5.69 Å². The van der Waals surface area contributed by atoms with Crippen LogP contribution in [0.3, 0.4) is 0 Å². The van der Waals surface area contributed by atoms with E-state index in [0.29, 0.717) is 11.5 Å². The second-order valence-electron chi connectivity index (χ2n) is 4.30. The highest BCUT2D eigenvalue weighted by atomic mass is 16.5. The summed E-state index contributed by atoms with van der Waals surface area (Å²) in [5.41, 5.74) is 7.96. The predicted molar refractivity (Wildman–Crippen MR) is 74.6 cm³/mol. The summed E-state index contributed by atoms with van der Waals surface area (Å²) in [6, 6.07) is 9.75. The Bertz CT molecular complexity index is 769. The van der Waals surface area contributed by atoms with Crippen LogP contribution >= 0.6 is 0 Å². The number of pyridine rings is 2. The fraction of sp³-hybridized carbons (Fsp3) is 0.133. The molecular weight excluding hydrogens is 240 g/mol. The minimum absolute atomic E-state index is 0.699. The maximum absolute atomic E-state index is 6.25. The highest BCUT2D eigenvalue weighted by Gasteiger charge is 2.17. The van der Waals surface area contributed by atoms with E-state index in [1.807, 2.05) is 47.1 Å². The number of methoxy groups -OCH3 is 2. The number of hydrogen-bond acceptors (Lipinski definition) is 3. The Morgan fingerprint density at radius 3 is 2.58 bits per heavy atom. The molecule has 0 aliphatic rings. The van der Waals surface area contributed by atoms with E-state index in [0.717, 1.165) is 22.0 Å². The fourth-order valence-electron chi connectivity index (χ4n) is 2.39. The lowest BCUT2D eigenvalue weighted by molar-refractivity contribution is -0.509. The highest BCUT2D eigenvalue weighted by Crippen LogP contribution is 2.37. The summed E-state index contributed by atoms with van der Waals surface area (Å²) in [6.07, 6.45) is 3.96. The van der Waals surface area contributed by atoms with Gasteiger partial charge in [0.15, 0.2) is 23.9 Å². The van der Waals surface area contributed by atoms with E-state index in [2.05, 4.69) is 0 Å². The third-order valence-corrected chi connectivity index (χ3v) is 3.31. The fourth-order valence-corrected chi connectivity index (χ4v) is 2.39. The van der Waals surface area contributed by atoms with Crippen LogP contribution in [-0.2, 0) is 0 Å². The Morgan fingerprint density at radius 1 is 1.00 bits per heavy atom. The molecule has 3 aromatic rings. The van der Waals surface area contributed by atoms with E-state index in [9.17, 15) is 0 Å². The molecule has 0 fully saturated rings. The van der Waals surface area contributed by atoms with Crippen LogP contribution in [0.25, 0.3) is 16.3 Å². The van der Waals surface area contributed by atoms with Gasteiger partial charge in [-0.25, -0.2) is 0 Å². The zero-order valence-electron chi connectivity index (χ0n) is 10.9. The van der Waals surface area contributed by atoms with Crippen LogP contribution in [0.2, 0.25) is 0 Å². The maximum atomic E-state index is 6.25. The summed E-state index contributed by atoms with van der Waals surface area (Å²) in [5, 5.41) is 1.90. The summed E-state index contributed by atoms with van der Waals surface area (Å²) in [5.74, 6) is 1.40. The Labute approximate surface area is 111 Å². The van der Waals surface area contributed by atoms with Gasteiger partial charge >= 0.3 is 0 Å². The molecule has 0 saturated carbocycles. The van der Waals surface area contributed by atoms with Crippen molar-refractivity contribution in [3.8, 4) is 11.5 Å². The molecule has 0 unspecified atom stereocenters. The molecule has 19 heavy (non-hydrogen) atoms. The third-order valence-electron chi connectivity index (χ3n) is 3.31. The molecule has 1 aromatic carbocycles. The smallest absolute Gasteiger partial charge is 0.234 e. The molecule has 0 saturated heterocycles. The number of aromatic nitrogens is 1. The standard InChI is InChI=1S/C15H15N2O2/c1-18-13-7-6-10-11(15(13)19-2)9-17-8-4-3-5-12(17)14(10)16/h3-9H,16H2,1-2H3/q+1. The van der Waals surface area contributed by atoms with Crippen molar-refractivity contribution >= 4 is 22.0 Å². The number of anilines is 1. The van der Waals surface area contributed by atoms with Crippen LogP contribution in [0.5, 0.6) is 11.5 Å². The summed E-state index contributed by atoms with van der Waals surface area (Å²) in [7, 11) is 3.26. The van der Waals surface area contributed by atoms with Crippen LogP contribution in [0, 0.1) is 0 Å². The third kappa shape index (κ3) is 1.64. The summed E-state index contributed by atoms with van der Waals surface area (Å²) >= 11 is 0. The van der Waals surface area contributed by atoms with Crippen molar-refractivity contribution in [2.24, 2.45) is 0 Å². The number of hydrogen-bond donors (Lipinski definition) is 1. The van der Waals surface area contributed by atoms with E-state index in [-0.39, 0.29) is 0 Å². The topological polar surface area (TPSA) is 48.6 Å². The van der Waals surface area contributed by atoms with Crippen molar-refractivity contribution in [1.29, 1.82) is 0 Å². The van der Waals surface area contributed by atoms with Gasteiger partial charge < -0.3 is 15.2 Å². The molecule has 0 spiro atoms. The van der Waals surface area contributed by atoms with E-state index < -0.39 is 0 Å². The monoisotopic (exact) mass is 255 g/mol. The average molecular weight is 255 g/mol. The first kappa shape index (κ1) is 11.6. The molecule has 3 rings (SSSR count). The highest BCUT2D eigenvalue weighted by molar-refractivity contribution is 6.01. The largest absolute Gasteiger partial charge is 0.493 e. The van der Waals surface area contributed by atoms with Crippen molar-refractivity contribution in [3.63, 3.8) is 0 Å². The SMILES string of the molecule is COc1ccc2c(N)c3cccc[n+]3cc2c1OC. The number of nitrogens with two attached hydrogens (primary N) is 1. The lowest BCUT2D eigenvalue weighted by Crippen LogP contribution is -2.21. The van der Waals surface area contributed by atoms with Crippen LogP contribution < -0.4 is 19.6 Å². The molecule has 0 radical (unpaired) electrons. The van der Waals surface area contributed by atoms with Gasteiger partial charge in [-0.05, 0) is 18.2 Å². The second kappa shape index (κ2) is 4.31. The Balaban J connectivity index is 2.50. The minimum atomic E-state index is 0.699. The maximum Gasteiger partial charge on any atom is 0.234 e. The minimum Gasteiger partial charge on any atom is -0.493 e. The lowest BCUT2D eigenvalue weighted by atomic mass is 10.1. The zero-order valence-corrected chi connectivity index (χ0v) is 10.9. The summed E-state index contributed by atoms with van der Waals surface area (Å²) in [4.78, 5) is 0. The molecule has 2 heterocycles. The van der Waals surface area contributed by atoms with Gasteiger partial charge in [0.05, 0.1) is 19.6 Å². The molecule has 4 heteroatoms. The number of nitrogens with zero attached hydrogens (tertiary/aromatic N) is 1. The number of fused-ring (bicyclic) bond motifs is 2. The van der Waals surface area contributed by atoms with E-state index in [1.165, 1.54) is 0 Å². The van der Waals surface area contributed by atoms with Crippen molar-refractivity contribution in [2.75, 3.05) is 20.0 Å². The Hall–Kier alpha value is -2.49. The second-order valence-corrected chi connectivity index (χ2v) is 4.30. The number of rotatable bonds is 2. The molecule has 0 aliphatic heterocycles. The molecule has 2 aromatic heterocycles. The van der Waals surface area contributed by atoms with Gasteiger partial charge in [-0.15, -0.1) is 0 Å². The first-order valence-corrected chi connectivity index (χ1v) is 5.99. The van der Waals surface area contributed by atoms with Gasteiger partial charge in [-0.2, -0.15) is 4.40 Å². The van der Waals surface area contributed by atoms with Crippen LogP contribution in [-0.4, -0.2) is 14.2 Å². The molecule has 0 amide bonds. The van der Waals surface area contributed by atoms with Gasteiger partial charge in [-0.1, -0.05) is 0 Å². The van der Waals surface area contributed by atoms with Gasteiger partial charge in [0, 0.05) is 17.5 Å². The average Bonchev–Trinajstić information content (AvgIpc) is 2.46. The van der Waals surface area contributed by atoms with Crippen molar-refractivity contribution in [3.05, 3.63) is 42.7 Å². The van der Waals surface area contributed by atoms with Gasteiger partial charge in [0.2, 0.25) is 5.52 Å². The van der Waals surface area contributed by atoms with Crippen molar-refractivity contribution in [1.82, 2.24) is 0 Å². The number of ether oxygens (including phenoxy) is 2. The van der Waals surface area contributed by atoms with Crippen LogP contribution in [0.1, 0.15) is 0 Å². The Kier molecular flexibility index (Phi) is 2.63. The van der Waals surface area contributed by atoms with E-state index >= 15 is 0 Å². The van der Waals surface area contributed by atoms with Crippen molar-refractivity contribution < 1.29 is 13.9 Å². The molecule has 96 valence electrons. The van der Waals surface area contributed by atoms with Gasteiger partial charge in [-0.3, -0.25) is 0 Å². The lowest BCUT2D eigenvalue weighted by Gasteiger charge is -2.10. The van der Waals surface area contributed by atoms with Crippen LogP contribution in [0.15, 0.2) is 42.7 Å². The first-order valence-electron chi connectivity index (χ1n) is 5.99. The predicted octanol–water partition coefficient (Wildman–Crippen LogP) is 2.18. The van der Waals surface area contributed by atoms with Crippen molar-refractivity contribution in [2.45, 2.75) is 0 Å². The Morgan fingerprint density at radius 2 is 1.84 bits per heavy atom. The molecule has 0 aliphatic carbocycles.